The van der Waals surface area contributed by atoms with Gasteiger partial charge >= 0.3 is 0 Å². The van der Waals surface area contributed by atoms with Gasteiger partial charge in [-0.1, -0.05) is 18.2 Å². The van der Waals surface area contributed by atoms with Gasteiger partial charge in [-0.15, -0.1) is 0 Å². The van der Waals surface area contributed by atoms with Crippen molar-refractivity contribution < 1.29 is 17.1 Å². The molecule has 1 saturated heterocycles. The van der Waals surface area contributed by atoms with E-state index < -0.39 is 0 Å². The summed E-state index contributed by atoms with van der Waals surface area (Å²) in [4.78, 5) is 16.0. The third kappa shape index (κ3) is 5.42. The SMILES string of the molecule is COc1cc(Nc2nccc(Nc3cnc4ccccc4c3)n2)ccc1OC1CC(N2CCOCC2)C1.[HH].[HH]. The maximum atomic E-state index is 6.26. The smallest absolute Gasteiger partial charge is 0.229 e. The number of aromatic nitrogens is 3. The molecule has 6 rings (SSSR count). The Morgan fingerprint density at radius 3 is 2.68 bits per heavy atom. The van der Waals surface area contributed by atoms with E-state index in [4.69, 9.17) is 14.2 Å². The van der Waals surface area contributed by atoms with E-state index in [1.165, 1.54) is 0 Å². The molecule has 0 spiro atoms. The highest BCUT2D eigenvalue weighted by Gasteiger charge is 2.36. The van der Waals surface area contributed by atoms with Crippen LogP contribution in [0.2, 0.25) is 0 Å². The van der Waals surface area contributed by atoms with Crippen LogP contribution in [0.15, 0.2) is 67.0 Å². The Morgan fingerprint density at radius 2 is 1.81 bits per heavy atom. The molecule has 0 radical (unpaired) electrons. The van der Waals surface area contributed by atoms with Crippen LogP contribution in [-0.2, 0) is 4.74 Å². The van der Waals surface area contributed by atoms with Gasteiger partial charge in [0.1, 0.15) is 11.9 Å². The molecule has 194 valence electrons. The number of pyridine rings is 1. The number of nitrogens with one attached hydrogen (secondary N) is 2. The third-order valence-corrected chi connectivity index (χ3v) is 6.86. The first-order chi connectivity index (χ1) is 18.2. The zero-order valence-corrected chi connectivity index (χ0v) is 20.8. The Hall–Kier alpha value is -3.95. The Balaban J connectivity index is 0.00000176. The first-order valence-corrected chi connectivity index (χ1v) is 12.6. The molecule has 37 heavy (non-hydrogen) atoms. The molecular formula is C28H34N6O3. The topological polar surface area (TPSA) is 93.7 Å². The number of para-hydroxylation sites is 1. The first-order valence-electron chi connectivity index (χ1n) is 12.6. The number of ether oxygens (including phenoxy) is 3. The number of benzene rings is 2. The molecule has 4 aromatic rings. The Morgan fingerprint density at radius 1 is 0.946 bits per heavy atom. The quantitative estimate of drug-likeness (QED) is 0.335. The number of hydrogen-bond acceptors (Lipinski definition) is 9. The maximum Gasteiger partial charge on any atom is 0.229 e. The predicted molar refractivity (Wildman–Crippen MR) is 147 cm³/mol. The summed E-state index contributed by atoms with van der Waals surface area (Å²) in [6, 6.07) is 18.3. The number of fused-ring (bicyclic) bond motifs is 1. The van der Waals surface area contributed by atoms with Crippen molar-refractivity contribution in [2.75, 3.05) is 44.0 Å². The average Bonchev–Trinajstić information content (AvgIpc) is 2.91. The largest absolute Gasteiger partial charge is 0.493 e. The summed E-state index contributed by atoms with van der Waals surface area (Å²) in [6.07, 6.45) is 5.78. The van der Waals surface area contributed by atoms with Crippen LogP contribution in [0.4, 0.5) is 23.1 Å². The van der Waals surface area contributed by atoms with E-state index in [2.05, 4.69) is 30.5 Å². The normalized spacial score (nSPS) is 19.7. The van der Waals surface area contributed by atoms with E-state index in [0.29, 0.717) is 23.6 Å². The fraction of sp³-hybridized carbons (Fsp3) is 0.321. The fourth-order valence-electron chi connectivity index (χ4n) is 4.80. The van der Waals surface area contributed by atoms with Crippen LogP contribution in [-0.4, -0.2) is 65.4 Å². The number of rotatable bonds is 8. The summed E-state index contributed by atoms with van der Waals surface area (Å²) >= 11 is 0. The van der Waals surface area contributed by atoms with Crippen molar-refractivity contribution in [1.29, 1.82) is 0 Å². The van der Waals surface area contributed by atoms with Gasteiger partial charge in [0.2, 0.25) is 5.95 Å². The monoisotopic (exact) mass is 502 g/mol. The maximum absolute atomic E-state index is 6.26. The van der Waals surface area contributed by atoms with Crippen molar-refractivity contribution >= 4 is 34.0 Å². The van der Waals surface area contributed by atoms with Crippen LogP contribution in [0.1, 0.15) is 15.7 Å². The first kappa shape index (κ1) is 23.4. The Labute approximate surface area is 218 Å². The number of morpholine rings is 1. The van der Waals surface area contributed by atoms with Crippen molar-refractivity contribution in [1.82, 2.24) is 19.9 Å². The minimum absolute atomic E-state index is 0. The molecule has 1 aliphatic carbocycles. The van der Waals surface area contributed by atoms with Crippen LogP contribution in [0.5, 0.6) is 11.5 Å². The van der Waals surface area contributed by atoms with Gasteiger partial charge in [-0.25, -0.2) is 4.98 Å². The molecule has 3 heterocycles. The van der Waals surface area contributed by atoms with Gasteiger partial charge in [-0.2, -0.15) is 4.98 Å². The third-order valence-electron chi connectivity index (χ3n) is 6.86. The van der Waals surface area contributed by atoms with Gasteiger partial charge in [0.25, 0.3) is 0 Å². The van der Waals surface area contributed by atoms with Crippen LogP contribution < -0.4 is 20.1 Å². The van der Waals surface area contributed by atoms with Crippen molar-refractivity contribution in [3.05, 3.63) is 67.0 Å². The summed E-state index contributed by atoms with van der Waals surface area (Å²) in [5.74, 6) is 2.57. The van der Waals surface area contributed by atoms with Crippen molar-refractivity contribution in [2.45, 2.75) is 25.0 Å². The molecule has 1 aliphatic heterocycles. The zero-order valence-electron chi connectivity index (χ0n) is 20.8. The second-order valence-corrected chi connectivity index (χ2v) is 9.31. The molecule has 0 bridgehead atoms. The highest BCUT2D eigenvalue weighted by Crippen LogP contribution is 2.36. The Kier molecular flexibility index (Phi) is 6.70. The lowest BCUT2D eigenvalue weighted by atomic mass is 9.87. The lowest BCUT2D eigenvalue weighted by molar-refractivity contribution is -0.0378. The van der Waals surface area contributed by atoms with E-state index in [0.717, 1.165) is 67.2 Å². The highest BCUT2D eigenvalue weighted by molar-refractivity contribution is 5.82. The van der Waals surface area contributed by atoms with Crippen LogP contribution in [0, 0.1) is 0 Å². The molecule has 2 aromatic heterocycles. The fourth-order valence-corrected chi connectivity index (χ4v) is 4.80. The van der Waals surface area contributed by atoms with Gasteiger partial charge in [-0.3, -0.25) is 9.88 Å². The van der Waals surface area contributed by atoms with E-state index in [9.17, 15) is 0 Å². The average molecular weight is 503 g/mol. The lowest BCUT2D eigenvalue weighted by Gasteiger charge is -2.44. The summed E-state index contributed by atoms with van der Waals surface area (Å²) in [6.45, 7) is 3.68. The van der Waals surface area contributed by atoms with Crippen LogP contribution >= 0.6 is 0 Å². The molecule has 2 aromatic carbocycles. The van der Waals surface area contributed by atoms with E-state index in [1.807, 2.05) is 54.6 Å². The molecule has 9 heteroatoms. The summed E-state index contributed by atoms with van der Waals surface area (Å²) < 4.78 is 17.3. The van der Waals surface area contributed by atoms with Gasteiger partial charge in [0.15, 0.2) is 11.5 Å². The van der Waals surface area contributed by atoms with Crippen LogP contribution in [0.3, 0.4) is 0 Å². The molecule has 0 unspecified atom stereocenters. The molecule has 1 saturated carbocycles. The standard InChI is InChI=1S/C28H30N6O3.2H2/c1-35-26-15-20(6-7-25(26)37-23-16-22(17-23)34-10-12-36-13-11-34)32-28-29-9-8-27(33-28)31-21-14-19-4-2-3-5-24(19)30-18-21;;/h2-9,14-15,18,22-23H,10-13,16-17H2,1H3,(H2,29,31,32,33);2*1H. The van der Waals surface area contributed by atoms with Crippen molar-refractivity contribution in [3.63, 3.8) is 0 Å². The van der Waals surface area contributed by atoms with Gasteiger partial charge in [-0.05, 0) is 30.3 Å². The minimum Gasteiger partial charge on any atom is -0.493 e. The van der Waals surface area contributed by atoms with Gasteiger partial charge in [0.05, 0.1) is 37.7 Å². The highest BCUT2D eigenvalue weighted by atomic mass is 16.5. The molecule has 0 atom stereocenters. The second kappa shape index (κ2) is 10.6. The van der Waals surface area contributed by atoms with Gasteiger partial charge < -0.3 is 24.8 Å². The van der Waals surface area contributed by atoms with E-state index in [-0.39, 0.29) is 8.96 Å². The van der Waals surface area contributed by atoms with Gasteiger partial charge in [0, 0.05) is 58.2 Å². The molecule has 9 nitrogen and oxygen atoms in total. The number of nitrogens with zero attached hydrogens (tertiary/aromatic N) is 4. The summed E-state index contributed by atoms with van der Waals surface area (Å²) in [5.41, 5.74) is 2.63. The summed E-state index contributed by atoms with van der Waals surface area (Å²) in [5, 5.41) is 7.63. The second-order valence-electron chi connectivity index (χ2n) is 9.31. The molecule has 2 fully saturated rings. The molecule has 2 aliphatic rings. The lowest BCUT2D eigenvalue weighted by Crippen LogP contribution is -2.52. The van der Waals surface area contributed by atoms with E-state index >= 15 is 0 Å². The summed E-state index contributed by atoms with van der Waals surface area (Å²) in [7, 11) is 1.65. The molecular weight excluding hydrogens is 468 g/mol. The number of hydrogen-bond donors (Lipinski definition) is 2. The van der Waals surface area contributed by atoms with Crippen LogP contribution in [0.25, 0.3) is 10.9 Å². The van der Waals surface area contributed by atoms with E-state index in [1.54, 1.807) is 19.5 Å². The molecule has 0 amide bonds. The number of methoxy groups -OCH3 is 1. The predicted octanol–water partition coefficient (Wildman–Crippen LogP) is 5.25. The Bertz CT molecular complexity index is 1380. The van der Waals surface area contributed by atoms with Crippen molar-refractivity contribution in [3.8, 4) is 11.5 Å². The zero-order chi connectivity index (χ0) is 25.0. The minimum atomic E-state index is 0. The van der Waals surface area contributed by atoms with Crippen molar-refractivity contribution in [2.24, 2.45) is 0 Å². The number of anilines is 4. The molecule has 2 N–H and O–H groups in total.